The highest BCUT2D eigenvalue weighted by molar-refractivity contribution is 7.87. The first-order chi connectivity index (χ1) is 12.0. The average molecular weight is 388 g/mol. The number of benzene rings is 1. The molecule has 2 atom stereocenters. The summed E-state index contributed by atoms with van der Waals surface area (Å²) in [4.78, 5) is 5.80. The van der Waals surface area contributed by atoms with E-state index in [0.717, 1.165) is 6.07 Å². The quantitative estimate of drug-likeness (QED) is 0.844. The zero-order valence-corrected chi connectivity index (χ0v) is 14.8. The molecule has 1 aliphatic heterocycles. The highest BCUT2D eigenvalue weighted by atomic mass is 32.2. The zero-order chi connectivity index (χ0) is 19.1. The Morgan fingerprint density at radius 1 is 1.27 bits per heavy atom. The fourth-order valence-corrected chi connectivity index (χ4v) is 4.16. The number of halogens is 3. The summed E-state index contributed by atoms with van der Waals surface area (Å²) in [6, 6.07) is 5.20. The largest absolute Gasteiger partial charge is 0.418 e. The maximum Gasteiger partial charge on any atom is 0.418 e. The van der Waals surface area contributed by atoms with Crippen molar-refractivity contribution >= 4 is 26.8 Å². The van der Waals surface area contributed by atoms with Crippen molar-refractivity contribution in [1.29, 1.82) is 0 Å². The van der Waals surface area contributed by atoms with Gasteiger partial charge in [0.2, 0.25) is 0 Å². The fraction of sp³-hybridized carbons (Fsp3) is 0.438. The lowest BCUT2D eigenvalue weighted by Gasteiger charge is -2.38. The van der Waals surface area contributed by atoms with Crippen LogP contribution < -0.4 is 14.8 Å². The first kappa shape index (κ1) is 18.9. The summed E-state index contributed by atoms with van der Waals surface area (Å²) < 4.78 is 64.8. The molecule has 10 heteroatoms. The van der Waals surface area contributed by atoms with E-state index in [0.29, 0.717) is 30.6 Å². The number of aromatic nitrogens is 1. The maximum absolute atomic E-state index is 13.3. The van der Waals surface area contributed by atoms with Crippen molar-refractivity contribution in [1.82, 2.24) is 9.71 Å². The Hall–Kier alpha value is -1.91. The molecule has 0 bridgehead atoms. The number of nitrogens with two attached hydrogens (primary N) is 1. The molecule has 1 aromatic heterocycles. The van der Waals surface area contributed by atoms with Crippen LogP contribution in [0, 0.1) is 5.92 Å². The van der Waals surface area contributed by atoms with E-state index < -0.39 is 28.0 Å². The Balaban J connectivity index is 2.02. The Bertz CT molecular complexity index is 917. The fourth-order valence-electron chi connectivity index (χ4n) is 3.53. The first-order valence-electron chi connectivity index (χ1n) is 8.04. The van der Waals surface area contributed by atoms with E-state index in [1.54, 1.807) is 12.1 Å². The Labute approximate surface area is 149 Å². The number of alkyl halides is 3. The molecule has 0 aliphatic carbocycles. The molecule has 3 N–H and O–H groups in total. The maximum atomic E-state index is 13.3. The predicted molar refractivity (Wildman–Crippen MR) is 92.8 cm³/mol. The molecule has 0 saturated carbocycles. The molecule has 1 saturated heterocycles. The highest BCUT2D eigenvalue weighted by Crippen LogP contribution is 2.38. The number of anilines is 1. The first-order valence-corrected chi connectivity index (χ1v) is 9.59. The molecule has 6 nitrogen and oxygen atoms in total. The van der Waals surface area contributed by atoms with E-state index in [-0.39, 0.29) is 11.4 Å². The summed E-state index contributed by atoms with van der Waals surface area (Å²) in [5.74, 6) is 0.136. The van der Waals surface area contributed by atoms with Gasteiger partial charge < -0.3 is 4.90 Å². The van der Waals surface area contributed by atoms with Crippen LogP contribution in [0.25, 0.3) is 10.9 Å². The normalized spacial score (nSPS) is 22.0. The minimum Gasteiger partial charge on any atom is -0.369 e. The molecule has 2 aromatic rings. The van der Waals surface area contributed by atoms with Crippen LogP contribution in [0.4, 0.5) is 18.9 Å². The van der Waals surface area contributed by atoms with Crippen LogP contribution in [0.2, 0.25) is 0 Å². The van der Waals surface area contributed by atoms with Gasteiger partial charge in [-0.25, -0.2) is 5.14 Å². The van der Waals surface area contributed by atoms with Crippen molar-refractivity contribution in [3.63, 3.8) is 0 Å². The lowest BCUT2D eigenvalue weighted by atomic mass is 9.95. The number of fused-ring (bicyclic) bond motifs is 1. The monoisotopic (exact) mass is 388 g/mol. The number of hydrogen-bond acceptors (Lipinski definition) is 4. The van der Waals surface area contributed by atoms with E-state index in [9.17, 15) is 21.6 Å². The molecule has 1 fully saturated rings. The van der Waals surface area contributed by atoms with Gasteiger partial charge in [-0.05, 0) is 36.6 Å². The lowest BCUT2D eigenvalue weighted by molar-refractivity contribution is -0.136. The Kier molecular flexibility index (Phi) is 4.84. The van der Waals surface area contributed by atoms with Gasteiger partial charge in [-0.2, -0.15) is 26.3 Å². The van der Waals surface area contributed by atoms with Crippen molar-refractivity contribution in [2.75, 3.05) is 18.0 Å². The van der Waals surface area contributed by atoms with Crippen LogP contribution in [0.5, 0.6) is 0 Å². The van der Waals surface area contributed by atoms with Gasteiger partial charge in [0, 0.05) is 36.4 Å². The number of rotatable bonds is 3. The standard InChI is InChI=1S/C16H19F3N4O2S/c1-10-7-11(22-26(20,24)25)9-23(8-10)14-5-4-13(16(17,18)19)15-12(14)3-2-6-21-15/h2-6,10-11,22H,7-9H2,1H3,(H2,20,24,25)/t10-,11+/m0/s1. The van der Waals surface area contributed by atoms with E-state index in [1.165, 1.54) is 12.3 Å². The Morgan fingerprint density at radius 2 is 2.00 bits per heavy atom. The van der Waals surface area contributed by atoms with Gasteiger partial charge in [0.25, 0.3) is 10.2 Å². The second kappa shape index (κ2) is 6.67. The van der Waals surface area contributed by atoms with E-state index >= 15 is 0 Å². The molecular weight excluding hydrogens is 369 g/mol. The number of nitrogens with one attached hydrogen (secondary N) is 1. The van der Waals surface area contributed by atoms with E-state index in [4.69, 9.17) is 5.14 Å². The molecule has 26 heavy (non-hydrogen) atoms. The van der Waals surface area contributed by atoms with Crippen LogP contribution in [0.1, 0.15) is 18.9 Å². The smallest absolute Gasteiger partial charge is 0.369 e. The molecular formula is C16H19F3N4O2S. The minimum atomic E-state index is -4.50. The van der Waals surface area contributed by atoms with Crippen molar-refractivity contribution in [3.8, 4) is 0 Å². The summed E-state index contributed by atoms with van der Waals surface area (Å²) in [6.45, 7) is 2.86. The topological polar surface area (TPSA) is 88.3 Å². The average Bonchev–Trinajstić information content (AvgIpc) is 2.50. The van der Waals surface area contributed by atoms with Gasteiger partial charge in [-0.3, -0.25) is 4.98 Å². The van der Waals surface area contributed by atoms with E-state index in [2.05, 4.69) is 9.71 Å². The van der Waals surface area contributed by atoms with Crippen molar-refractivity contribution in [3.05, 3.63) is 36.0 Å². The summed E-state index contributed by atoms with van der Waals surface area (Å²) >= 11 is 0. The van der Waals surface area contributed by atoms with Crippen LogP contribution in [0.15, 0.2) is 30.5 Å². The summed E-state index contributed by atoms with van der Waals surface area (Å²) in [6.07, 6.45) is -2.58. The highest BCUT2D eigenvalue weighted by Gasteiger charge is 2.35. The second-order valence-corrected chi connectivity index (χ2v) is 7.96. The predicted octanol–water partition coefficient (Wildman–Crippen LogP) is 2.26. The van der Waals surface area contributed by atoms with Crippen LogP contribution >= 0.6 is 0 Å². The molecule has 1 aliphatic rings. The van der Waals surface area contributed by atoms with Gasteiger partial charge in [0.1, 0.15) is 0 Å². The van der Waals surface area contributed by atoms with Gasteiger partial charge in [-0.1, -0.05) is 6.92 Å². The van der Waals surface area contributed by atoms with Gasteiger partial charge in [0.05, 0.1) is 11.1 Å². The van der Waals surface area contributed by atoms with Crippen molar-refractivity contribution < 1.29 is 21.6 Å². The third-order valence-electron chi connectivity index (χ3n) is 4.38. The van der Waals surface area contributed by atoms with Gasteiger partial charge in [0.15, 0.2) is 0 Å². The molecule has 0 amide bonds. The van der Waals surface area contributed by atoms with Gasteiger partial charge in [-0.15, -0.1) is 0 Å². The third kappa shape index (κ3) is 4.08. The molecule has 2 heterocycles. The van der Waals surface area contributed by atoms with Crippen molar-refractivity contribution in [2.24, 2.45) is 11.1 Å². The van der Waals surface area contributed by atoms with Crippen molar-refractivity contribution in [2.45, 2.75) is 25.6 Å². The number of pyridine rings is 1. The number of hydrogen-bond donors (Lipinski definition) is 2. The molecule has 0 spiro atoms. The zero-order valence-electron chi connectivity index (χ0n) is 14.0. The second-order valence-electron chi connectivity index (χ2n) is 6.64. The third-order valence-corrected chi connectivity index (χ3v) is 5.05. The van der Waals surface area contributed by atoms with Gasteiger partial charge >= 0.3 is 6.18 Å². The van der Waals surface area contributed by atoms with Crippen LogP contribution in [0.3, 0.4) is 0 Å². The number of piperidine rings is 1. The molecule has 3 rings (SSSR count). The summed E-state index contributed by atoms with van der Waals surface area (Å²) in [5.41, 5.74) is -0.318. The summed E-state index contributed by atoms with van der Waals surface area (Å²) in [5, 5.41) is 5.44. The lowest BCUT2D eigenvalue weighted by Crippen LogP contribution is -2.51. The van der Waals surface area contributed by atoms with Crippen LogP contribution in [-0.4, -0.2) is 32.5 Å². The van der Waals surface area contributed by atoms with E-state index in [1.807, 2.05) is 11.8 Å². The minimum absolute atomic E-state index is 0.119. The molecule has 0 unspecified atom stereocenters. The SMILES string of the molecule is C[C@H]1C[C@@H](NS(N)(=O)=O)CN(c2ccc(C(F)(F)F)c3ncccc23)C1. The number of nitrogens with zero attached hydrogens (tertiary/aromatic N) is 2. The molecule has 0 radical (unpaired) electrons. The molecule has 1 aromatic carbocycles. The molecule has 142 valence electrons. The Morgan fingerprint density at radius 3 is 2.65 bits per heavy atom. The van der Waals surface area contributed by atoms with Crippen LogP contribution in [-0.2, 0) is 16.4 Å². The summed E-state index contributed by atoms with van der Waals surface area (Å²) in [7, 11) is -3.86.